The number of benzene rings is 2. The molecule has 0 spiro atoms. The van der Waals surface area contributed by atoms with Gasteiger partial charge in [0.1, 0.15) is 5.75 Å². The molecule has 1 heterocycles. The molecule has 0 aromatic heterocycles. The second kappa shape index (κ2) is 7.69. The van der Waals surface area contributed by atoms with Crippen LogP contribution in [0.1, 0.15) is 22.8 Å². The zero-order valence-corrected chi connectivity index (χ0v) is 15.8. The fourth-order valence-corrected chi connectivity index (χ4v) is 3.58. The van der Waals surface area contributed by atoms with Crippen molar-refractivity contribution in [1.82, 2.24) is 5.43 Å². The number of nitro groups is 1. The van der Waals surface area contributed by atoms with Gasteiger partial charge in [-0.15, -0.1) is 5.10 Å². The summed E-state index contributed by atoms with van der Waals surface area (Å²) in [5, 5.41) is 24.5. The molecule has 1 aliphatic rings. The number of amides is 2. The number of para-hydroxylation sites is 1. The number of phenolic OH excluding ortho intramolecular Hbond substituents is 1. The number of thioether (sulfide) groups is 1. The summed E-state index contributed by atoms with van der Waals surface area (Å²) < 4.78 is 0. The average Bonchev–Trinajstić information content (AvgIpc) is 2.94. The highest BCUT2D eigenvalue weighted by Gasteiger charge is 2.37. The van der Waals surface area contributed by atoms with Gasteiger partial charge in [-0.1, -0.05) is 23.9 Å². The number of nitrogens with one attached hydrogen (secondary N) is 1. The maximum atomic E-state index is 12.6. The van der Waals surface area contributed by atoms with Gasteiger partial charge in [0.05, 0.1) is 21.4 Å². The number of carbonyl (C=O) groups is 2. The predicted octanol–water partition coefficient (Wildman–Crippen LogP) is 2.78. The van der Waals surface area contributed by atoms with Crippen LogP contribution < -0.4 is 10.3 Å². The lowest BCUT2D eigenvalue weighted by molar-refractivity contribution is -0.384. The first-order valence-electron chi connectivity index (χ1n) is 8.21. The SMILES string of the molecule is Cc1cc([N+](=O)[O-])ccc1N1C(=O)[C@H](C)SC1=NNC(=O)c1ccccc1O. The van der Waals surface area contributed by atoms with Crippen LogP contribution in [-0.4, -0.2) is 32.3 Å². The maximum Gasteiger partial charge on any atom is 0.275 e. The van der Waals surface area contributed by atoms with Gasteiger partial charge in [-0.25, -0.2) is 5.43 Å². The number of amidine groups is 1. The van der Waals surface area contributed by atoms with Crippen molar-refractivity contribution in [2.24, 2.45) is 5.10 Å². The quantitative estimate of drug-likeness (QED) is 0.600. The summed E-state index contributed by atoms with van der Waals surface area (Å²) in [6.45, 7) is 3.36. The molecule has 10 heteroatoms. The van der Waals surface area contributed by atoms with Crippen LogP contribution in [0.5, 0.6) is 5.75 Å². The number of non-ortho nitro benzene ring substituents is 1. The minimum atomic E-state index is -0.626. The Bertz CT molecular complexity index is 1010. The molecule has 3 rings (SSSR count). The number of aromatic hydroxyl groups is 1. The lowest BCUT2D eigenvalue weighted by Gasteiger charge is -2.18. The number of carbonyl (C=O) groups excluding carboxylic acids is 2. The Morgan fingerprint density at radius 2 is 2.04 bits per heavy atom. The van der Waals surface area contributed by atoms with Crippen molar-refractivity contribution in [2.75, 3.05) is 4.90 Å². The summed E-state index contributed by atoms with van der Waals surface area (Å²) >= 11 is 1.15. The topological polar surface area (TPSA) is 125 Å². The van der Waals surface area contributed by atoms with Crippen LogP contribution in [0.2, 0.25) is 0 Å². The Morgan fingerprint density at radius 1 is 1.32 bits per heavy atom. The first-order chi connectivity index (χ1) is 13.3. The first-order valence-corrected chi connectivity index (χ1v) is 9.09. The minimum Gasteiger partial charge on any atom is -0.507 e. The first kappa shape index (κ1) is 19.4. The highest BCUT2D eigenvalue weighted by atomic mass is 32.2. The molecule has 1 saturated heterocycles. The van der Waals surface area contributed by atoms with E-state index in [2.05, 4.69) is 10.5 Å². The third kappa shape index (κ3) is 3.67. The van der Waals surface area contributed by atoms with E-state index in [0.29, 0.717) is 11.3 Å². The van der Waals surface area contributed by atoms with Gasteiger partial charge in [-0.3, -0.25) is 24.6 Å². The van der Waals surface area contributed by atoms with Gasteiger partial charge in [-0.05, 0) is 37.6 Å². The number of phenols is 1. The summed E-state index contributed by atoms with van der Waals surface area (Å²) in [7, 11) is 0. The molecule has 2 amide bonds. The predicted molar refractivity (Wildman–Crippen MR) is 105 cm³/mol. The molecule has 1 aliphatic heterocycles. The molecule has 0 unspecified atom stereocenters. The number of nitro benzene ring substituents is 1. The van der Waals surface area contributed by atoms with Crippen LogP contribution in [0.4, 0.5) is 11.4 Å². The van der Waals surface area contributed by atoms with E-state index in [1.165, 1.54) is 35.2 Å². The van der Waals surface area contributed by atoms with E-state index < -0.39 is 16.1 Å². The maximum absolute atomic E-state index is 12.6. The Morgan fingerprint density at radius 3 is 2.68 bits per heavy atom. The zero-order valence-electron chi connectivity index (χ0n) is 14.9. The molecule has 0 aliphatic carbocycles. The van der Waals surface area contributed by atoms with Crippen LogP contribution in [0.15, 0.2) is 47.6 Å². The van der Waals surface area contributed by atoms with E-state index in [0.717, 1.165) is 11.8 Å². The fraction of sp³-hybridized carbons (Fsp3) is 0.167. The molecule has 0 radical (unpaired) electrons. The van der Waals surface area contributed by atoms with Crippen LogP contribution in [0.25, 0.3) is 0 Å². The molecule has 9 nitrogen and oxygen atoms in total. The third-order valence-corrected chi connectivity index (χ3v) is 5.12. The molecule has 2 aromatic carbocycles. The number of hydrogen-bond acceptors (Lipinski definition) is 7. The number of aryl methyl sites for hydroxylation is 1. The smallest absolute Gasteiger partial charge is 0.275 e. The lowest BCUT2D eigenvalue weighted by Crippen LogP contribution is -2.33. The lowest BCUT2D eigenvalue weighted by atomic mass is 10.1. The summed E-state index contributed by atoms with van der Waals surface area (Å²) in [4.78, 5) is 36.6. The van der Waals surface area contributed by atoms with Crippen molar-refractivity contribution in [3.63, 3.8) is 0 Å². The van der Waals surface area contributed by atoms with Gasteiger partial charge in [0, 0.05) is 12.1 Å². The highest BCUT2D eigenvalue weighted by Crippen LogP contribution is 2.34. The van der Waals surface area contributed by atoms with Crippen molar-refractivity contribution in [2.45, 2.75) is 19.1 Å². The number of hydrogen-bond donors (Lipinski definition) is 2. The molecule has 144 valence electrons. The van der Waals surface area contributed by atoms with Gasteiger partial charge < -0.3 is 5.11 Å². The van der Waals surface area contributed by atoms with Crippen molar-refractivity contribution in [1.29, 1.82) is 0 Å². The molecule has 1 fully saturated rings. The Kier molecular flexibility index (Phi) is 5.32. The Balaban J connectivity index is 1.91. The van der Waals surface area contributed by atoms with Crippen LogP contribution in [-0.2, 0) is 4.79 Å². The van der Waals surface area contributed by atoms with E-state index in [1.807, 2.05) is 0 Å². The molecule has 0 saturated carbocycles. The second-order valence-corrected chi connectivity index (χ2v) is 7.32. The molecule has 0 bridgehead atoms. The van der Waals surface area contributed by atoms with Gasteiger partial charge >= 0.3 is 0 Å². The Labute approximate surface area is 164 Å². The Hall–Kier alpha value is -3.40. The number of hydrazone groups is 1. The molecular weight excluding hydrogens is 384 g/mol. The highest BCUT2D eigenvalue weighted by molar-refractivity contribution is 8.16. The number of nitrogens with zero attached hydrogens (tertiary/aromatic N) is 3. The fourth-order valence-electron chi connectivity index (χ4n) is 2.66. The van der Waals surface area contributed by atoms with Crippen molar-refractivity contribution >= 4 is 40.1 Å². The second-order valence-electron chi connectivity index (χ2n) is 6.01. The van der Waals surface area contributed by atoms with E-state index in [4.69, 9.17) is 0 Å². The van der Waals surface area contributed by atoms with Gasteiger partial charge in [-0.2, -0.15) is 0 Å². The number of rotatable bonds is 4. The van der Waals surface area contributed by atoms with E-state index in [1.54, 1.807) is 26.0 Å². The zero-order chi connectivity index (χ0) is 20.4. The minimum absolute atomic E-state index is 0.0484. The molecule has 1 atom stereocenters. The summed E-state index contributed by atoms with van der Waals surface area (Å²) in [6.07, 6.45) is 0. The van der Waals surface area contributed by atoms with Crippen molar-refractivity contribution < 1.29 is 19.6 Å². The normalized spacial score (nSPS) is 17.8. The van der Waals surface area contributed by atoms with Crippen molar-refractivity contribution in [3.05, 3.63) is 63.7 Å². The number of anilines is 1. The van der Waals surface area contributed by atoms with E-state index in [9.17, 15) is 24.8 Å². The van der Waals surface area contributed by atoms with E-state index in [-0.39, 0.29) is 28.1 Å². The van der Waals surface area contributed by atoms with Gasteiger partial charge in [0.15, 0.2) is 5.17 Å². The monoisotopic (exact) mass is 400 g/mol. The summed E-state index contributed by atoms with van der Waals surface area (Å²) in [5.41, 5.74) is 3.27. The average molecular weight is 400 g/mol. The van der Waals surface area contributed by atoms with E-state index >= 15 is 0 Å². The molecule has 2 aromatic rings. The van der Waals surface area contributed by atoms with Crippen LogP contribution in [0, 0.1) is 17.0 Å². The third-order valence-electron chi connectivity index (χ3n) is 4.08. The van der Waals surface area contributed by atoms with Crippen LogP contribution >= 0.6 is 11.8 Å². The van der Waals surface area contributed by atoms with Gasteiger partial charge in [0.25, 0.3) is 11.6 Å². The van der Waals surface area contributed by atoms with Gasteiger partial charge in [0.2, 0.25) is 5.91 Å². The van der Waals surface area contributed by atoms with Crippen LogP contribution in [0.3, 0.4) is 0 Å². The summed E-state index contributed by atoms with van der Waals surface area (Å²) in [5.74, 6) is -1.07. The largest absolute Gasteiger partial charge is 0.507 e. The molecule has 2 N–H and O–H groups in total. The molecule has 28 heavy (non-hydrogen) atoms. The van der Waals surface area contributed by atoms with Crippen molar-refractivity contribution in [3.8, 4) is 5.75 Å². The summed E-state index contributed by atoms with van der Waals surface area (Å²) in [6, 6.07) is 10.2. The standard InChI is InChI=1S/C18H16N4O5S/c1-10-9-12(22(26)27)7-8-14(10)21-17(25)11(2)28-18(21)20-19-16(24)13-5-3-4-6-15(13)23/h3-9,11,23H,1-2H3,(H,19,24)/t11-/m0/s1. The molecular formula is C18H16N4O5S.